The summed E-state index contributed by atoms with van der Waals surface area (Å²) in [6.45, 7) is 2.65. The van der Waals surface area contributed by atoms with Crippen LogP contribution in [0.1, 0.15) is 44.9 Å². The van der Waals surface area contributed by atoms with Crippen molar-refractivity contribution < 1.29 is 18.3 Å². The highest BCUT2D eigenvalue weighted by molar-refractivity contribution is 4.98. The predicted molar refractivity (Wildman–Crippen MR) is 67.0 cm³/mol. The number of halogens is 3. The van der Waals surface area contributed by atoms with E-state index >= 15 is 0 Å². The molecule has 1 aliphatic rings. The van der Waals surface area contributed by atoms with E-state index in [1.807, 2.05) is 6.92 Å². The minimum absolute atomic E-state index is 0.105. The highest BCUT2D eigenvalue weighted by atomic mass is 19.4. The van der Waals surface area contributed by atoms with Gasteiger partial charge in [0.2, 0.25) is 0 Å². The third-order valence-electron chi connectivity index (χ3n) is 3.90. The molecule has 0 radical (unpaired) electrons. The number of aromatic nitrogens is 3. The maximum Gasteiger partial charge on any atom is 0.391 e. The van der Waals surface area contributed by atoms with Crippen molar-refractivity contribution in [1.29, 1.82) is 0 Å². The second-order valence-electron chi connectivity index (χ2n) is 5.64. The van der Waals surface area contributed by atoms with E-state index in [1.54, 1.807) is 4.68 Å². The zero-order chi connectivity index (χ0) is 14.8. The summed E-state index contributed by atoms with van der Waals surface area (Å²) in [5.74, 6) is -0.846. The van der Waals surface area contributed by atoms with Gasteiger partial charge in [0.05, 0.1) is 11.5 Å². The SMILES string of the molecule is CCCn1ncnc1CC1(O)CCCC(C(F)(F)F)C1. The number of nitrogens with zero attached hydrogens (tertiary/aromatic N) is 3. The van der Waals surface area contributed by atoms with Crippen LogP contribution in [0.3, 0.4) is 0 Å². The summed E-state index contributed by atoms with van der Waals surface area (Å²) in [6, 6.07) is 0. The van der Waals surface area contributed by atoms with Crippen LogP contribution in [0.4, 0.5) is 13.2 Å². The highest BCUT2D eigenvalue weighted by Crippen LogP contribution is 2.42. The number of hydrogen-bond donors (Lipinski definition) is 1. The molecule has 0 aliphatic heterocycles. The van der Waals surface area contributed by atoms with E-state index in [1.165, 1.54) is 6.33 Å². The molecule has 0 aromatic carbocycles. The molecule has 2 unspecified atom stereocenters. The fourth-order valence-corrected chi connectivity index (χ4v) is 2.90. The smallest absolute Gasteiger partial charge is 0.389 e. The Hall–Kier alpha value is -1.11. The van der Waals surface area contributed by atoms with E-state index in [-0.39, 0.29) is 19.3 Å². The molecule has 0 amide bonds. The van der Waals surface area contributed by atoms with Gasteiger partial charge in [-0.1, -0.05) is 6.92 Å². The maximum atomic E-state index is 12.8. The van der Waals surface area contributed by atoms with Gasteiger partial charge >= 0.3 is 6.18 Å². The Balaban J connectivity index is 2.08. The van der Waals surface area contributed by atoms with Crippen molar-refractivity contribution in [1.82, 2.24) is 14.8 Å². The summed E-state index contributed by atoms with van der Waals surface area (Å²) in [6.07, 6.45) is -1.20. The van der Waals surface area contributed by atoms with Crippen LogP contribution < -0.4 is 0 Å². The van der Waals surface area contributed by atoms with Gasteiger partial charge in [-0.25, -0.2) is 4.98 Å². The van der Waals surface area contributed by atoms with Crippen molar-refractivity contribution in [3.8, 4) is 0 Å². The molecule has 7 heteroatoms. The van der Waals surface area contributed by atoms with E-state index in [4.69, 9.17) is 0 Å². The van der Waals surface area contributed by atoms with Crippen molar-refractivity contribution in [3.05, 3.63) is 12.2 Å². The Morgan fingerprint density at radius 1 is 1.50 bits per heavy atom. The summed E-state index contributed by atoms with van der Waals surface area (Å²) >= 11 is 0. The van der Waals surface area contributed by atoms with E-state index in [0.717, 1.165) is 6.42 Å². The van der Waals surface area contributed by atoms with Crippen molar-refractivity contribution >= 4 is 0 Å². The van der Waals surface area contributed by atoms with Gasteiger partial charge in [0, 0.05) is 13.0 Å². The summed E-state index contributed by atoms with van der Waals surface area (Å²) in [4.78, 5) is 4.07. The normalized spacial score (nSPS) is 27.8. The molecular weight excluding hydrogens is 271 g/mol. The third kappa shape index (κ3) is 3.50. The Morgan fingerprint density at radius 3 is 2.90 bits per heavy atom. The summed E-state index contributed by atoms with van der Waals surface area (Å²) in [7, 11) is 0. The molecule has 1 aromatic heterocycles. The molecule has 1 N–H and O–H groups in total. The Morgan fingerprint density at radius 2 is 2.25 bits per heavy atom. The highest BCUT2D eigenvalue weighted by Gasteiger charge is 2.47. The monoisotopic (exact) mass is 291 g/mol. The lowest BCUT2D eigenvalue weighted by atomic mass is 9.76. The van der Waals surface area contributed by atoms with Gasteiger partial charge in [-0.05, 0) is 32.1 Å². The number of alkyl halides is 3. The van der Waals surface area contributed by atoms with E-state index in [2.05, 4.69) is 10.1 Å². The fraction of sp³-hybridized carbons (Fsp3) is 0.846. The summed E-state index contributed by atoms with van der Waals surface area (Å²) in [5, 5.41) is 14.5. The van der Waals surface area contributed by atoms with Gasteiger partial charge in [-0.15, -0.1) is 0 Å². The van der Waals surface area contributed by atoms with Gasteiger partial charge in [-0.3, -0.25) is 4.68 Å². The van der Waals surface area contributed by atoms with Crippen LogP contribution in [0.15, 0.2) is 6.33 Å². The molecule has 1 aliphatic carbocycles. The molecule has 1 aromatic rings. The molecule has 0 saturated heterocycles. The first-order chi connectivity index (χ1) is 9.34. The van der Waals surface area contributed by atoms with Crippen molar-refractivity contribution in [2.45, 2.75) is 63.8 Å². The Bertz CT molecular complexity index is 446. The second-order valence-corrected chi connectivity index (χ2v) is 5.64. The van der Waals surface area contributed by atoms with Gasteiger partial charge < -0.3 is 5.11 Å². The average Bonchev–Trinajstić information content (AvgIpc) is 2.75. The number of hydrogen-bond acceptors (Lipinski definition) is 3. The van der Waals surface area contributed by atoms with Gasteiger partial charge in [0.1, 0.15) is 12.2 Å². The first-order valence-corrected chi connectivity index (χ1v) is 7.00. The molecule has 20 heavy (non-hydrogen) atoms. The summed E-state index contributed by atoms with van der Waals surface area (Å²) in [5.41, 5.74) is -1.32. The molecule has 4 nitrogen and oxygen atoms in total. The van der Waals surface area contributed by atoms with Crippen LogP contribution >= 0.6 is 0 Å². The lowest BCUT2D eigenvalue weighted by Crippen LogP contribution is -2.42. The fourth-order valence-electron chi connectivity index (χ4n) is 2.90. The minimum Gasteiger partial charge on any atom is -0.389 e. The largest absolute Gasteiger partial charge is 0.391 e. The third-order valence-corrected chi connectivity index (χ3v) is 3.90. The van der Waals surface area contributed by atoms with Crippen LogP contribution in [0.2, 0.25) is 0 Å². The zero-order valence-corrected chi connectivity index (χ0v) is 11.5. The topological polar surface area (TPSA) is 50.9 Å². The van der Waals surface area contributed by atoms with Crippen LogP contribution in [0, 0.1) is 5.92 Å². The quantitative estimate of drug-likeness (QED) is 0.928. The maximum absolute atomic E-state index is 12.8. The first-order valence-electron chi connectivity index (χ1n) is 7.00. The van der Waals surface area contributed by atoms with Gasteiger partial charge in [-0.2, -0.15) is 18.3 Å². The lowest BCUT2D eigenvalue weighted by molar-refractivity contribution is -0.200. The van der Waals surface area contributed by atoms with Gasteiger partial charge in [0.25, 0.3) is 0 Å². The van der Waals surface area contributed by atoms with E-state index < -0.39 is 17.7 Å². The Labute approximate surface area is 116 Å². The van der Waals surface area contributed by atoms with Gasteiger partial charge in [0.15, 0.2) is 0 Å². The molecule has 0 spiro atoms. The first kappa shape index (κ1) is 15.3. The molecule has 2 atom stereocenters. The van der Waals surface area contributed by atoms with E-state index in [0.29, 0.717) is 25.2 Å². The standard InChI is InChI=1S/C13H20F3N3O/c1-2-6-19-11(17-9-18-19)8-12(20)5-3-4-10(7-12)13(14,15)16/h9-10,20H,2-8H2,1H3. The molecule has 1 saturated carbocycles. The molecule has 1 heterocycles. The number of rotatable bonds is 4. The molecular formula is C13H20F3N3O. The lowest BCUT2D eigenvalue weighted by Gasteiger charge is -2.37. The number of aryl methyl sites for hydroxylation is 1. The number of aliphatic hydroxyl groups is 1. The average molecular weight is 291 g/mol. The molecule has 114 valence electrons. The Kier molecular flexibility index (Phi) is 4.36. The summed E-state index contributed by atoms with van der Waals surface area (Å²) < 4.78 is 40.1. The van der Waals surface area contributed by atoms with Crippen LogP contribution in [0.5, 0.6) is 0 Å². The molecule has 0 bridgehead atoms. The van der Waals surface area contributed by atoms with Crippen LogP contribution in [-0.2, 0) is 13.0 Å². The van der Waals surface area contributed by atoms with Crippen molar-refractivity contribution in [2.75, 3.05) is 0 Å². The molecule has 1 fully saturated rings. The molecule has 2 rings (SSSR count). The van der Waals surface area contributed by atoms with Crippen molar-refractivity contribution in [3.63, 3.8) is 0 Å². The van der Waals surface area contributed by atoms with Crippen molar-refractivity contribution in [2.24, 2.45) is 5.92 Å². The minimum atomic E-state index is -4.23. The zero-order valence-electron chi connectivity index (χ0n) is 11.5. The van der Waals surface area contributed by atoms with Crippen LogP contribution in [-0.4, -0.2) is 31.6 Å². The predicted octanol–water partition coefficient (Wildman–Crippen LogP) is 2.71. The second kappa shape index (κ2) is 5.71. The van der Waals surface area contributed by atoms with E-state index in [9.17, 15) is 18.3 Å². The van der Waals surface area contributed by atoms with Crippen LogP contribution in [0.25, 0.3) is 0 Å².